The first-order valence-corrected chi connectivity index (χ1v) is 6.81. The van der Waals surface area contributed by atoms with Crippen LogP contribution < -0.4 is 10.1 Å². The van der Waals surface area contributed by atoms with E-state index in [-0.39, 0.29) is 25.0 Å². The first-order chi connectivity index (χ1) is 10.2. The van der Waals surface area contributed by atoms with Crippen molar-refractivity contribution >= 4 is 5.91 Å². The molecule has 4 nitrogen and oxygen atoms in total. The number of ether oxygens (including phenoxy) is 1. The Balaban J connectivity index is 1.96. The quantitative estimate of drug-likeness (QED) is 0.854. The molecule has 0 unspecified atom stereocenters. The summed E-state index contributed by atoms with van der Waals surface area (Å²) in [5.74, 6) is 0.639. The van der Waals surface area contributed by atoms with Gasteiger partial charge in [-0.25, -0.2) is 0 Å². The molecule has 0 saturated heterocycles. The Morgan fingerprint density at radius 3 is 2.38 bits per heavy atom. The summed E-state index contributed by atoms with van der Waals surface area (Å²) < 4.78 is 5.08. The third-order valence-electron chi connectivity index (χ3n) is 3.24. The van der Waals surface area contributed by atoms with Crippen molar-refractivity contribution in [2.45, 2.75) is 12.5 Å². The molecule has 2 rings (SSSR count). The van der Waals surface area contributed by atoms with Crippen LogP contribution in [0.15, 0.2) is 54.6 Å². The van der Waals surface area contributed by atoms with Crippen LogP contribution in [-0.4, -0.2) is 24.7 Å². The number of hydrogen-bond donors (Lipinski definition) is 2. The fourth-order valence-electron chi connectivity index (χ4n) is 2.09. The molecule has 21 heavy (non-hydrogen) atoms. The van der Waals surface area contributed by atoms with Crippen LogP contribution in [0.3, 0.4) is 0 Å². The van der Waals surface area contributed by atoms with Crippen molar-refractivity contribution < 1.29 is 14.6 Å². The topological polar surface area (TPSA) is 58.6 Å². The Morgan fingerprint density at radius 1 is 1.14 bits per heavy atom. The average molecular weight is 285 g/mol. The number of hydrogen-bond acceptors (Lipinski definition) is 3. The number of benzene rings is 2. The average Bonchev–Trinajstić information content (AvgIpc) is 2.54. The fourth-order valence-corrected chi connectivity index (χ4v) is 2.09. The molecule has 0 aliphatic carbocycles. The van der Waals surface area contributed by atoms with Gasteiger partial charge in [0.25, 0.3) is 0 Å². The van der Waals surface area contributed by atoms with Gasteiger partial charge in [-0.1, -0.05) is 42.5 Å². The van der Waals surface area contributed by atoms with Crippen LogP contribution in [0, 0.1) is 0 Å². The monoisotopic (exact) mass is 285 g/mol. The van der Waals surface area contributed by atoms with Crippen molar-refractivity contribution in [3.05, 3.63) is 65.7 Å². The van der Waals surface area contributed by atoms with E-state index in [9.17, 15) is 9.90 Å². The van der Waals surface area contributed by atoms with Crippen LogP contribution in [-0.2, 0) is 11.2 Å². The van der Waals surface area contributed by atoms with Gasteiger partial charge in [0.2, 0.25) is 5.91 Å². The third kappa shape index (κ3) is 4.33. The van der Waals surface area contributed by atoms with Crippen molar-refractivity contribution in [1.29, 1.82) is 0 Å². The molecule has 0 aliphatic heterocycles. The number of rotatable bonds is 6. The first kappa shape index (κ1) is 15.1. The number of nitrogens with one attached hydrogen (secondary N) is 1. The van der Waals surface area contributed by atoms with Crippen LogP contribution in [0.5, 0.6) is 5.75 Å². The lowest BCUT2D eigenvalue weighted by atomic mass is 10.1. The second-order valence-corrected chi connectivity index (χ2v) is 4.74. The van der Waals surface area contributed by atoms with Crippen LogP contribution in [0.1, 0.15) is 17.2 Å². The van der Waals surface area contributed by atoms with Crippen LogP contribution >= 0.6 is 0 Å². The summed E-state index contributed by atoms with van der Waals surface area (Å²) in [6.45, 7) is -0.127. The number of amides is 1. The summed E-state index contributed by atoms with van der Waals surface area (Å²) in [5.41, 5.74) is 1.79. The molecule has 0 aromatic heterocycles. The summed E-state index contributed by atoms with van der Waals surface area (Å²) >= 11 is 0. The molecule has 110 valence electrons. The Morgan fingerprint density at radius 2 is 1.81 bits per heavy atom. The Bertz CT molecular complexity index is 566. The van der Waals surface area contributed by atoms with Crippen molar-refractivity contribution in [3.8, 4) is 5.75 Å². The van der Waals surface area contributed by atoms with Gasteiger partial charge in [-0.3, -0.25) is 4.79 Å². The molecule has 1 atom stereocenters. The van der Waals surface area contributed by atoms with Gasteiger partial charge in [0, 0.05) is 0 Å². The van der Waals surface area contributed by atoms with Gasteiger partial charge in [0.1, 0.15) is 5.75 Å². The molecule has 1 amide bonds. The Hall–Kier alpha value is -2.33. The summed E-state index contributed by atoms with van der Waals surface area (Å²) in [6.07, 6.45) is 0.271. The van der Waals surface area contributed by atoms with E-state index in [1.54, 1.807) is 7.11 Å². The minimum absolute atomic E-state index is 0.122. The van der Waals surface area contributed by atoms with Crippen molar-refractivity contribution in [2.24, 2.45) is 0 Å². The molecule has 2 N–H and O–H groups in total. The Labute approximate surface area is 124 Å². The summed E-state index contributed by atoms with van der Waals surface area (Å²) in [7, 11) is 1.60. The highest BCUT2D eigenvalue weighted by Gasteiger charge is 2.13. The highest BCUT2D eigenvalue weighted by atomic mass is 16.5. The van der Waals surface area contributed by atoms with Gasteiger partial charge in [0.15, 0.2) is 0 Å². The standard InChI is InChI=1S/C17H19NO3/c1-21-15-9-7-13(8-10-15)11-17(20)18-16(12-19)14-5-3-2-4-6-14/h2-10,16,19H,11-12H2,1H3,(H,18,20)/t16-/m0/s1. The van der Waals surface area contributed by atoms with Crippen LogP contribution in [0.25, 0.3) is 0 Å². The number of aliphatic hydroxyl groups excluding tert-OH is 1. The van der Waals surface area contributed by atoms with E-state index in [1.165, 1.54) is 0 Å². The van der Waals surface area contributed by atoms with Gasteiger partial charge < -0.3 is 15.2 Å². The number of carbonyl (C=O) groups excluding carboxylic acids is 1. The maximum atomic E-state index is 12.1. The molecular weight excluding hydrogens is 266 g/mol. The predicted octanol–water partition coefficient (Wildman–Crippen LogP) is 2.09. The normalized spacial score (nSPS) is 11.7. The van der Waals surface area contributed by atoms with E-state index in [0.717, 1.165) is 16.9 Å². The summed E-state index contributed by atoms with van der Waals surface area (Å²) in [6, 6.07) is 16.4. The lowest BCUT2D eigenvalue weighted by molar-refractivity contribution is -0.121. The molecule has 0 saturated carbocycles. The lowest BCUT2D eigenvalue weighted by Crippen LogP contribution is -2.31. The zero-order valence-electron chi connectivity index (χ0n) is 12.0. The van der Waals surface area contributed by atoms with E-state index < -0.39 is 0 Å². The molecule has 0 bridgehead atoms. The number of methoxy groups -OCH3 is 1. The van der Waals surface area contributed by atoms with Gasteiger partial charge in [-0.2, -0.15) is 0 Å². The summed E-state index contributed by atoms with van der Waals surface area (Å²) in [4.78, 5) is 12.1. The van der Waals surface area contributed by atoms with E-state index >= 15 is 0 Å². The molecule has 2 aromatic carbocycles. The molecule has 2 aromatic rings. The zero-order chi connectivity index (χ0) is 15.1. The van der Waals surface area contributed by atoms with Gasteiger partial charge in [-0.15, -0.1) is 0 Å². The fraction of sp³-hybridized carbons (Fsp3) is 0.235. The van der Waals surface area contributed by atoms with Crippen molar-refractivity contribution in [3.63, 3.8) is 0 Å². The molecule has 0 fully saturated rings. The highest BCUT2D eigenvalue weighted by molar-refractivity contribution is 5.79. The molecule has 0 spiro atoms. The lowest BCUT2D eigenvalue weighted by Gasteiger charge is -2.16. The van der Waals surface area contributed by atoms with E-state index in [2.05, 4.69) is 5.32 Å². The largest absolute Gasteiger partial charge is 0.497 e. The zero-order valence-corrected chi connectivity index (χ0v) is 12.0. The molecule has 0 heterocycles. The number of aliphatic hydroxyl groups is 1. The van der Waals surface area contributed by atoms with Gasteiger partial charge in [0.05, 0.1) is 26.2 Å². The minimum atomic E-state index is -0.378. The maximum Gasteiger partial charge on any atom is 0.224 e. The second kappa shape index (κ2) is 7.45. The van der Waals surface area contributed by atoms with E-state index in [0.29, 0.717) is 0 Å². The SMILES string of the molecule is COc1ccc(CC(=O)N[C@@H](CO)c2ccccc2)cc1. The van der Waals surface area contributed by atoms with Crippen molar-refractivity contribution in [2.75, 3.05) is 13.7 Å². The molecule has 0 radical (unpaired) electrons. The van der Waals surface area contributed by atoms with E-state index in [1.807, 2.05) is 54.6 Å². The highest BCUT2D eigenvalue weighted by Crippen LogP contribution is 2.14. The summed E-state index contributed by atoms with van der Waals surface area (Å²) in [5, 5.41) is 12.3. The molecule has 0 aliphatic rings. The smallest absolute Gasteiger partial charge is 0.224 e. The van der Waals surface area contributed by atoms with E-state index in [4.69, 9.17) is 4.74 Å². The minimum Gasteiger partial charge on any atom is -0.497 e. The molecular formula is C17H19NO3. The maximum absolute atomic E-state index is 12.1. The third-order valence-corrected chi connectivity index (χ3v) is 3.24. The van der Waals surface area contributed by atoms with Crippen LogP contribution in [0.2, 0.25) is 0 Å². The Kier molecular flexibility index (Phi) is 5.35. The van der Waals surface area contributed by atoms with Gasteiger partial charge in [-0.05, 0) is 23.3 Å². The first-order valence-electron chi connectivity index (χ1n) is 6.81. The van der Waals surface area contributed by atoms with Crippen LogP contribution in [0.4, 0.5) is 0 Å². The number of carbonyl (C=O) groups is 1. The van der Waals surface area contributed by atoms with Crippen molar-refractivity contribution in [1.82, 2.24) is 5.32 Å². The van der Waals surface area contributed by atoms with Gasteiger partial charge >= 0.3 is 0 Å². The second-order valence-electron chi connectivity index (χ2n) is 4.74. The molecule has 4 heteroatoms. The predicted molar refractivity (Wildman–Crippen MR) is 81.1 cm³/mol.